The van der Waals surface area contributed by atoms with E-state index < -0.39 is 5.60 Å². The third kappa shape index (κ3) is 5.52. The molecule has 2 unspecified atom stereocenters. The highest BCUT2D eigenvalue weighted by Crippen LogP contribution is 2.51. The number of para-hydroxylation sites is 3. The van der Waals surface area contributed by atoms with Gasteiger partial charge in [-0.1, -0.05) is 109 Å². The number of ether oxygens (including phenoxy) is 1. The normalized spacial score (nSPS) is 16.8. The molecule has 2 aliphatic rings. The average Bonchev–Trinajstić information content (AvgIpc) is 3.79. The molecular formula is C53H38N2O2. The Morgan fingerprint density at radius 3 is 1.91 bits per heavy atom. The van der Waals surface area contributed by atoms with Gasteiger partial charge < -0.3 is 19.0 Å². The first-order chi connectivity index (χ1) is 28.1. The minimum atomic E-state index is -0.397. The van der Waals surface area contributed by atoms with Gasteiger partial charge in [0.05, 0.1) is 5.69 Å². The zero-order valence-corrected chi connectivity index (χ0v) is 31.4. The summed E-state index contributed by atoms with van der Waals surface area (Å²) >= 11 is 0. The minimum Gasteiger partial charge on any atom is -0.482 e. The maximum absolute atomic E-state index is 6.82. The molecule has 0 amide bonds. The summed E-state index contributed by atoms with van der Waals surface area (Å²) in [5.74, 6) is 1.07. The molecule has 0 fully saturated rings. The van der Waals surface area contributed by atoms with E-state index in [9.17, 15) is 0 Å². The summed E-state index contributed by atoms with van der Waals surface area (Å²) in [6, 6.07) is 64.6. The zero-order chi connectivity index (χ0) is 37.9. The number of hydrogen-bond acceptors (Lipinski definition) is 4. The molecule has 0 N–H and O–H groups in total. The van der Waals surface area contributed by atoms with Crippen LogP contribution in [0.25, 0.3) is 43.8 Å². The maximum Gasteiger partial charge on any atom is 0.143 e. The summed E-state index contributed by atoms with van der Waals surface area (Å²) in [5, 5.41) is 4.38. The van der Waals surface area contributed by atoms with E-state index >= 15 is 0 Å². The Hall–Kier alpha value is -7.30. The first-order valence-electron chi connectivity index (χ1n) is 19.5. The molecule has 4 nitrogen and oxygen atoms in total. The molecule has 57 heavy (non-hydrogen) atoms. The second-order valence-electron chi connectivity index (χ2n) is 15.1. The number of anilines is 6. The van der Waals surface area contributed by atoms with Gasteiger partial charge in [-0.25, -0.2) is 0 Å². The Morgan fingerprint density at radius 2 is 1.14 bits per heavy atom. The van der Waals surface area contributed by atoms with Crippen molar-refractivity contribution in [3.05, 3.63) is 212 Å². The second-order valence-corrected chi connectivity index (χ2v) is 15.1. The van der Waals surface area contributed by atoms with Gasteiger partial charge in [0.2, 0.25) is 0 Å². The summed E-state index contributed by atoms with van der Waals surface area (Å²) in [6.07, 6.45) is 8.65. The summed E-state index contributed by atoms with van der Waals surface area (Å²) in [7, 11) is 0. The molecule has 9 aromatic rings. The van der Waals surface area contributed by atoms with E-state index in [1.54, 1.807) is 0 Å². The van der Waals surface area contributed by atoms with Gasteiger partial charge >= 0.3 is 0 Å². The van der Waals surface area contributed by atoms with Crippen molar-refractivity contribution in [1.82, 2.24) is 0 Å². The maximum atomic E-state index is 6.82. The van der Waals surface area contributed by atoms with Crippen LogP contribution in [-0.2, 0) is 0 Å². The highest BCUT2D eigenvalue weighted by molar-refractivity contribution is 6.16. The molecule has 1 aromatic heterocycles. The van der Waals surface area contributed by atoms with Gasteiger partial charge in [0.15, 0.2) is 0 Å². The smallest absolute Gasteiger partial charge is 0.143 e. The number of hydrogen-bond donors (Lipinski definition) is 0. The Morgan fingerprint density at radius 1 is 0.509 bits per heavy atom. The summed E-state index contributed by atoms with van der Waals surface area (Å²) in [6.45, 7) is 2.17. The Labute approximate surface area is 331 Å². The van der Waals surface area contributed by atoms with E-state index in [0.717, 1.165) is 83.7 Å². The Balaban J connectivity index is 1.05. The van der Waals surface area contributed by atoms with Crippen LogP contribution in [0.5, 0.6) is 5.75 Å². The fourth-order valence-electron chi connectivity index (χ4n) is 8.85. The van der Waals surface area contributed by atoms with Crippen LogP contribution < -0.4 is 14.5 Å². The SMILES string of the molecule is CC12C=CC=CC1c1cc(N(c3ccc4c(ccc5c6ccc(N(c7ccccc7)c7ccccc7)cc6oc45)c3)c3ccccc3-c3ccccc3)ccc1O2. The highest BCUT2D eigenvalue weighted by atomic mass is 16.5. The monoisotopic (exact) mass is 734 g/mol. The molecular weight excluding hydrogens is 697 g/mol. The summed E-state index contributed by atoms with van der Waals surface area (Å²) in [5.41, 5.74) is 11.3. The van der Waals surface area contributed by atoms with Crippen molar-refractivity contribution in [1.29, 1.82) is 0 Å². The zero-order valence-electron chi connectivity index (χ0n) is 31.4. The number of fused-ring (bicyclic) bond motifs is 8. The molecule has 0 saturated carbocycles. The van der Waals surface area contributed by atoms with Crippen LogP contribution in [0, 0.1) is 0 Å². The quantitative estimate of drug-likeness (QED) is 0.163. The van der Waals surface area contributed by atoms with Crippen molar-refractivity contribution < 1.29 is 9.15 Å². The summed E-state index contributed by atoms with van der Waals surface area (Å²) < 4.78 is 13.4. The van der Waals surface area contributed by atoms with Gasteiger partial charge in [0.25, 0.3) is 0 Å². The molecule has 0 radical (unpaired) electrons. The van der Waals surface area contributed by atoms with Gasteiger partial charge in [0, 0.05) is 67.7 Å². The third-order valence-corrected chi connectivity index (χ3v) is 11.6. The topological polar surface area (TPSA) is 28.9 Å². The molecule has 2 atom stereocenters. The minimum absolute atomic E-state index is 0.134. The van der Waals surface area contributed by atoms with Crippen LogP contribution in [0.4, 0.5) is 34.1 Å². The first kappa shape index (κ1) is 33.1. The third-order valence-electron chi connectivity index (χ3n) is 11.6. The fourth-order valence-corrected chi connectivity index (χ4v) is 8.85. The van der Waals surface area contributed by atoms with Crippen LogP contribution in [0.1, 0.15) is 18.4 Å². The molecule has 272 valence electrons. The lowest BCUT2D eigenvalue weighted by Gasteiger charge is -2.29. The number of rotatable bonds is 7. The molecule has 1 aliphatic carbocycles. The van der Waals surface area contributed by atoms with E-state index in [0.29, 0.717) is 0 Å². The number of furan rings is 1. The number of nitrogens with zero attached hydrogens (tertiary/aromatic N) is 2. The van der Waals surface area contributed by atoms with Crippen molar-refractivity contribution in [2.24, 2.45) is 0 Å². The molecule has 4 heteroatoms. The lowest BCUT2D eigenvalue weighted by Crippen LogP contribution is -2.32. The molecule has 0 spiro atoms. The van der Waals surface area contributed by atoms with Gasteiger partial charge in [-0.3, -0.25) is 0 Å². The van der Waals surface area contributed by atoms with Gasteiger partial charge in [0.1, 0.15) is 22.5 Å². The lowest BCUT2D eigenvalue weighted by molar-refractivity contribution is 0.155. The van der Waals surface area contributed by atoms with Gasteiger partial charge in [-0.2, -0.15) is 0 Å². The second kappa shape index (κ2) is 13.2. The van der Waals surface area contributed by atoms with E-state index in [2.05, 4.69) is 223 Å². The van der Waals surface area contributed by atoms with E-state index in [1.165, 1.54) is 5.56 Å². The Kier molecular flexibility index (Phi) is 7.65. The fraction of sp³-hybridized carbons (Fsp3) is 0.0566. The molecule has 0 bridgehead atoms. The molecule has 2 heterocycles. The van der Waals surface area contributed by atoms with E-state index in [-0.39, 0.29) is 5.92 Å². The molecule has 8 aromatic carbocycles. The van der Waals surface area contributed by atoms with Crippen molar-refractivity contribution in [2.45, 2.75) is 18.4 Å². The van der Waals surface area contributed by atoms with Crippen LogP contribution in [0.3, 0.4) is 0 Å². The van der Waals surface area contributed by atoms with Crippen molar-refractivity contribution in [3.8, 4) is 16.9 Å². The van der Waals surface area contributed by atoms with E-state index in [4.69, 9.17) is 9.15 Å². The number of allylic oxidation sites excluding steroid dienone is 2. The lowest BCUT2D eigenvalue weighted by atomic mass is 9.82. The van der Waals surface area contributed by atoms with Crippen molar-refractivity contribution >= 4 is 66.8 Å². The Bertz CT molecular complexity index is 2980. The summed E-state index contributed by atoms with van der Waals surface area (Å²) in [4.78, 5) is 4.66. The molecule has 0 saturated heterocycles. The molecule has 1 aliphatic heterocycles. The van der Waals surface area contributed by atoms with E-state index in [1.807, 2.05) is 0 Å². The van der Waals surface area contributed by atoms with Gasteiger partial charge in [-0.15, -0.1) is 0 Å². The van der Waals surface area contributed by atoms with Crippen LogP contribution in [0.15, 0.2) is 211 Å². The number of benzene rings is 8. The predicted octanol–water partition coefficient (Wildman–Crippen LogP) is 14.7. The van der Waals surface area contributed by atoms with Crippen molar-refractivity contribution in [2.75, 3.05) is 9.80 Å². The predicted molar refractivity (Wildman–Crippen MR) is 236 cm³/mol. The van der Waals surface area contributed by atoms with Gasteiger partial charge in [-0.05, 0) is 109 Å². The van der Waals surface area contributed by atoms with Crippen LogP contribution in [-0.4, -0.2) is 5.60 Å². The largest absolute Gasteiger partial charge is 0.482 e. The first-order valence-corrected chi connectivity index (χ1v) is 19.5. The van der Waals surface area contributed by atoms with Crippen LogP contribution in [0.2, 0.25) is 0 Å². The highest BCUT2D eigenvalue weighted by Gasteiger charge is 2.42. The standard InChI is InChI=1S/C53H38N2O2/c1-53-32-14-13-22-48(53)47-34-41(27-31-50(47)57-53)55(49-23-12-11-21-43(49)36-15-5-2-6-16-36)40-25-29-44-37(33-40)24-28-46-45-30-26-42(35-51(45)56-52(44)46)54(38-17-7-3-8-18-38)39-19-9-4-10-20-39/h2-35,48H,1H3. The van der Waals surface area contributed by atoms with Crippen molar-refractivity contribution in [3.63, 3.8) is 0 Å². The average molecular weight is 735 g/mol. The molecule has 11 rings (SSSR count). The van der Waals surface area contributed by atoms with Crippen LogP contribution >= 0.6 is 0 Å².